The number of aromatic nitrogens is 3. The van der Waals surface area contributed by atoms with Crippen LogP contribution < -0.4 is 0 Å². The molecule has 0 radical (unpaired) electrons. The van der Waals surface area contributed by atoms with Crippen molar-refractivity contribution in [1.82, 2.24) is 15.0 Å². The number of nitriles is 1. The Hall–Kier alpha value is -1.93. The fourth-order valence-electron chi connectivity index (χ4n) is 2.17. The fourth-order valence-corrected chi connectivity index (χ4v) is 3.02. The zero-order chi connectivity index (χ0) is 13.2. The Balaban J connectivity index is 1.99. The summed E-state index contributed by atoms with van der Waals surface area (Å²) < 4.78 is 0. The van der Waals surface area contributed by atoms with E-state index in [4.69, 9.17) is 0 Å². The van der Waals surface area contributed by atoms with Crippen LogP contribution in [0.15, 0.2) is 28.5 Å². The van der Waals surface area contributed by atoms with Crippen LogP contribution in [0.5, 0.6) is 0 Å². The molecular formula is C14H12N4S. The number of pyridine rings is 1. The van der Waals surface area contributed by atoms with Crippen molar-refractivity contribution in [3.8, 4) is 6.07 Å². The Morgan fingerprint density at radius 3 is 3.00 bits per heavy atom. The van der Waals surface area contributed by atoms with Gasteiger partial charge in [0, 0.05) is 17.6 Å². The van der Waals surface area contributed by atoms with E-state index in [0.717, 1.165) is 30.7 Å². The van der Waals surface area contributed by atoms with Crippen LogP contribution in [0.4, 0.5) is 0 Å². The minimum absolute atomic E-state index is 0.621. The first-order valence-corrected chi connectivity index (χ1v) is 6.98. The zero-order valence-corrected chi connectivity index (χ0v) is 11.4. The van der Waals surface area contributed by atoms with Crippen LogP contribution in [0.25, 0.3) is 0 Å². The molecule has 0 aliphatic heterocycles. The molecule has 4 nitrogen and oxygen atoms in total. The number of aryl methyl sites for hydroxylation is 3. The van der Waals surface area contributed by atoms with E-state index in [0.29, 0.717) is 15.7 Å². The highest BCUT2D eigenvalue weighted by molar-refractivity contribution is 7.99. The van der Waals surface area contributed by atoms with Crippen LogP contribution in [-0.2, 0) is 12.8 Å². The molecule has 0 atom stereocenters. The van der Waals surface area contributed by atoms with Gasteiger partial charge >= 0.3 is 0 Å². The van der Waals surface area contributed by atoms with Crippen molar-refractivity contribution in [2.24, 2.45) is 0 Å². The summed E-state index contributed by atoms with van der Waals surface area (Å²) in [4.78, 5) is 13.2. The summed E-state index contributed by atoms with van der Waals surface area (Å²) in [6, 6.07) is 6.04. The molecule has 5 heteroatoms. The minimum Gasteiger partial charge on any atom is -0.244 e. The van der Waals surface area contributed by atoms with Gasteiger partial charge in [0.25, 0.3) is 0 Å². The Kier molecular flexibility index (Phi) is 3.18. The van der Waals surface area contributed by atoms with Crippen molar-refractivity contribution >= 4 is 11.8 Å². The maximum atomic E-state index is 9.24. The molecule has 94 valence electrons. The molecule has 0 aromatic carbocycles. The molecule has 1 aliphatic rings. The van der Waals surface area contributed by atoms with Gasteiger partial charge < -0.3 is 0 Å². The van der Waals surface area contributed by atoms with Crippen molar-refractivity contribution in [2.75, 3.05) is 0 Å². The highest BCUT2D eigenvalue weighted by Gasteiger charge is 2.17. The standard InChI is InChI=1S/C14H12N4S/c1-9-5-6-16-14(17-9)19-13-11(8-15)7-10-3-2-4-12(10)18-13/h5-7H,2-4H2,1H3. The Bertz CT molecular complexity index is 676. The third kappa shape index (κ3) is 2.45. The molecule has 0 saturated heterocycles. The highest BCUT2D eigenvalue weighted by Crippen LogP contribution is 2.30. The molecule has 0 N–H and O–H groups in total. The van der Waals surface area contributed by atoms with Crippen LogP contribution >= 0.6 is 11.8 Å². The molecule has 2 heterocycles. The van der Waals surface area contributed by atoms with Crippen LogP contribution in [0.1, 0.15) is 28.9 Å². The quantitative estimate of drug-likeness (QED) is 0.784. The van der Waals surface area contributed by atoms with Gasteiger partial charge in [-0.15, -0.1) is 0 Å². The summed E-state index contributed by atoms with van der Waals surface area (Å²) in [6.07, 6.45) is 4.89. The largest absolute Gasteiger partial charge is 0.244 e. The zero-order valence-electron chi connectivity index (χ0n) is 10.6. The SMILES string of the molecule is Cc1ccnc(Sc2nc3c(cc2C#N)CCC3)n1. The first-order chi connectivity index (χ1) is 9.26. The van der Waals surface area contributed by atoms with Crippen molar-refractivity contribution in [2.45, 2.75) is 36.4 Å². The summed E-state index contributed by atoms with van der Waals surface area (Å²) in [7, 11) is 0. The van der Waals surface area contributed by atoms with E-state index >= 15 is 0 Å². The molecule has 1 aliphatic carbocycles. The Morgan fingerprint density at radius 1 is 1.32 bits per heavy atom. The van der Waals surface area contributed by atoms with Crippen molar-refractivity contribution in [1.29, 1.82) is 5.26 Å². The van der Waals surface area contributed by atoms with Crippen molar-refractivity contribution < 1.29 is 0 Å². The number of hydrogen-bond donors (Lipinski definition) is 0. The van der Waals surface area contributed by atoms with E-state index in [2.05, 4.69) is 21.0 Å². The highest BCUT2D eigenvalue weighted by atomic mass is 32.2. The monoisotopic (exact) mass is 268 g/mol. The van der Waals surface area contributed by atoms with Crippen LogP contribution in [0.2, 0.25) is 0 Å². The minimum atomic E-state index is 0.621. The average molecular weight is 268 g/mol. The summed E-state index contributed by atoms with van der Waals surface area (Å²) >= 11 is 1.36. The number of hydrogen-bond acceptors (Lipinski definition) is 5. The molecule has 0 fully saturated rings. The van der Waals surface area contributed by atoms with Crippen molar-refractivity contribution in [3.63, 3.8) is 0 Å². The molecule has 0 spiro atoms. The molecule has 2 aromatic rings. The van der Waals surface area contributed by atoms with E-state index in [1.54, 1.807) is 6.20 Å². The molecule has 19 heavy (non-hydrogen) atoms. The summed E-state index contributed by atoms with van der Waals surface area (Å²) in [6.45, 7) is 1.92. The topological polar surface area (TPSA) is 62.5 Å². The summed E-state index contributed by atoms with van der Waals surface area (Å²) in [5.74, 6) is 0. The Morgan fingerprint density at radius 2 is 2.21 bits per heavy atom. The van der Waals surface area contributed by atoms with Gasteiger partial charge in [0.2, 0.25) is 0 Å². The molecule has 3 rings (SSSR count). The number of nitrogens with zero attached hydrogens (tertiary/aromatic N) is 4. The maximum Gasteiger partial charge on any atom is 0.194 e. The number of fused-ring (bicyclic) bond motifs is 1. The smallest absolute Gasteiger partial charge is 0.194 e. The molecule has 0 amide bonds. The van der Waals surface area contributed by atoms with Crippen molar-refractivity contribution in [3.05, 3.63) is 40.8 Å². The summed E-state index contributed by atoms with van der Waals surface area (Å²) in [5.41, 5.74) is 3.87. The third-order valence-corrected chi connectivity index (χ3v) is 3.98. The first-order valence-electron chi connectivity index (χ1n) is 6.16. The molecule has 0 unspecified atom stereocenters. The van der Waals surface area contributed by atoms with Crippen LogP contribution in [0, 0.1) is 18.3 Å². The Labute approximate surface area is 115 Å². The lowest BCUT2D eigenvalue weighted by molar-refractivity contribution is 0.888. The van der Waals surface area contributed by atoms with Crippen LogP contribution in [0.3, 0.4) is 0 Å². The van der Waals surface area contributed by atoms with E-state index in [1.807, 2.05) is 19.1 Å². The van der Waals surface area contributed by atoms with Gasteiger partial charge in [-0.2, -0.15) is 5.26 Å². The number of rotatable bonds is 2. The van der Waals surface area contributed by atoms with Gasteiger partial charge in [0.05, 0.1) is 5.56 Å². The second kappa shape index (κ2) is 4.98. The van der Waals surface area contributed by atoms with E-state index in [1.165, 1.54) is 17.3 Å². The lowest BCUT2D eigenvalue weighted by Gasteiger charge is -2.05. The predicted octanol–water partition coefficient (Wildman–Crippen LogP) is 2.69. The summed E-state index contributed by atoms with van der Waals surface area (Å²) in [5, 5.41) is 10.6. The fraction of sp³-hybridized carbons (Fsp3) is 0.286. The van der Waals surface area contributed by atoms with Crippen LogP contribution in [-0.4, -0.2) is 15.0 Å². The molecular weight excluding hydrogens is 256 g/mol. The van der Waals surface area contributed by atoms with Gasteiger partial charge in [0.1, 0.15) is 11.1 Å². The maximum absolute atomic E-state index is 9.24. The molecule has 0 bridgehead atoms. The lowest BCUT2D eigenvalue weighted by atomic mass is 10.2. The normalized spacial score (nSPS) is 13.1. The van der Waals surface area contributed by atoms with Gasteiger partial charge in [-0.05, 0) is 55.6 Å². The van der Waals surface area contributed by atoms with E-state index in [9.17, 15) is 5.26 Å². The van der Waals surface area contributed by atoms with Gasteiger partial charge in [-0.3, -0.25) is 0 Å². The third-order valence-electron chi connectivity index (χ3n) is 3.10. The molecule has 2 aromatic heterocycles. The predicted molar refractivity (Wildman–Crippen MR) is 71.9 cm³/mol. The average Bonchev–Trinajstić information content (AvgIpc) is 2.85. The van der Waals surface area contributed by atoms with Gasteiger partial charge in [-0.1, -0.05) is 0 Å². The van der Waals surface area contributed by atoms with Gasteiger partial charge in [0.15, 0.2) is 5.16 Å². The van der Waals surface area contributed by atoms with E-state index in [-0.39, 0.29) is 0 Å². The second-order valence-corrected chi connectivity index (χ2v) is 5.45. The first kappa shape index (κ1) is 12.1. The van der Waals surface area contributed by atoms with Gasteiger partial charge in [-0.25, -0.2) is 15.0 Å². The van der Waals surface area contributed by atoms with E-state index < -0.39 is 0 Å². The lowest BCUT2D eigenvalue weighted by Crippen LogP contribution is -1.96. The second-order valence-electron chi connectivity index (χ2n) is 4.49. The molecule has 0 saturated carbocycles.